The average molecular weight is 209 g/mol. The molecule has 1 N–H and O–H groups in total. The van der Waals surface area contributed by atoms with Gasteiger partial charge in [-0.3, -0.25) is 0 Å². The number of hydrogen-bond acceptors (Lipinski definition) is 1. The minimum Gasteiger partial charge on any atom is -0.316 e. The lowest BCUT2D eigenvalue weighted by Gasteiger charge is -2.21. The van der Waals surface area contributed by atoms with Gasteiger partial charge in [-0.25, -0.2) is 8.78 Å². The predicted octanol–water partition coefficient (Wildman–Crippen LogP) is 2.18. The molecule has 1 aliphatic carbocycles. The number of piperidine rings is 1. The van der Waals surface area contributed by atoms with E-state index < -0.39 is 17.3 Å². The van der Waals surface area contributed by atoms with Gasteiger partial charge in [-0.05, 0) is 18.5 Å². The van der Waals surface area contributed by atoms with Crippen molar-refractivity contribution in [1.29, 1.82) is 0 Å². The van der Waals surface area contributed by atoms with E-state index in [9.17, 15) is 8.78 Å². The number of nitrogens with one attached hydrogen (secondary N) is 1. The first-order valence-corrected chi connectivity index (χ1v) is 5.33. The van der Waals surface area contributed by atoms with Crippen molar-refractivity contribution in [2.24, 2.45) is 5.92 Å². The smallest absolute Gasteiger partial charge is 0.263 e. The predicted molar refractivity (Wildman–Crippen MR) is 54.0 cm³/mol. The first kappa shape index (κ1) is 9.28. The summed E-state index contributed by atoms with van der Waals surface area (Å²) in [6.07, 6.45) is 0.550. The Morgan fingerprint density at radius 3 is 2.60 bits per heavy atom. The molecule has 1 saturated heterocycles. The molecule has 3 heteroatoms. The van der Waals surface area contributed by atoms with Crippen LogP contribution in [0.15, 0.2) is 30.3 Å². The highest BCUT2D eigenvalue weighted by atomic mass is 19.3. The molecule has 2 fully saturated rings. The first-order valence-electron chi connectivity index (χ1n) is 5.33. The Morgan fingerprint density at radius 2 is 1.93 bits per heavy atom. The van der Waals surface area contributed by atoms with Crippen molar-refractivity contribution in [2.75, 3.05) is 13.1 Å². The number of alkyl halides is 2. The SMILES string of the molecule is FC1(F)[C@H]2CNCC[C@@]21c1ccccc1. The molecule has 0 unspecified atom stereocenters. The molecule has 15 heavy (non-hydrogen) atoms. The van der Waals surface area contributed by atoms with Crippen LogP contribution in [0.25, 0.3) is 0 Å². The van der Waals surface area contributed by atoms with Crippen molar-refractivity contribution in [3.63, 3.8) is 0 Å². The summed E-state index contributed by atoms with van der Waals surface area (Å²) in [6.45, 7) is 1.14. The number of halogens is 2. The molecule has 1 heterocycles. The lowest BCUT2D eigenvalue weighted by molar-refractivity contribution is 0.0781. The van der Waals surface area contributed by atoms with Crippen LogP contribution < -0.4 is 5.32 Å². The number of fused-ring (bicyclic) bond motifs is 1. The van der Waals surface area contributed by atoms with Gasteiger partial charge in [0.25, 0.3) is 5.92 Å². The standard InChI is InChI=1S/C12H13F2N/c13-12(14)10-8-15-7-6-11(10,12)9-4-2-1-3-5-9/h1-5,10,15H,6-8H2/t10-,11+/m0/s1. The molecule has 1 nitrogen and oxygen atoms in total. The summed E-state index contributed by atoms with van der Waals surface area (Å²) >= 11 is 0. The first-order chi connectivity index (χ1) is 7.19. The topological polar surface area (TPSA) is 12.0 Å². The van der Waals surface area contributed by atoms with Crippen LogP contribution in [0, 0.1) is 5.92 Å². The van der Waals surface area contributed by atoms with Gasteiger partial charge in [0.15, 0.2) is 0 Å². The molecule has 0 amide bonds. The van der Waals surface area contributed by atoms with Gasteiger partial charge in [-0.2, -0.15) is 0 Å². The quantitative estimate of drug-likeness (QED) is 0.747. The fourth-order valence-electron chi connectivity index (χ4n) is 2.98. The molecule has 0 spiro atoms. The van der Waals surface area contributed by atoms with Crippen molar-refractivity contribution in [1.82, 2.24) is 5.32 Å². The largest absolute Gasteiger partial charge is 0.316 e. The van der Waals surface area contributed by atoms with Crippen molar-refractivity contribution < 1.29 is 8.78 Å². The molecule has 3 rings (SSSR count). The highest BCUT2D eigenvalue weighted by Gasteiger charge is 2.80. The molecule has 1 saturated carbocycles. The Balaban J connectivity index is 2.04. The molecule has 0 bridgehead atoms. The Bertz CT molecular complexity index is 376. The van der Waals surface area contributed by atoms with Gasteiger partial charge in [0.1, 0.15) is 0 Å². The van der Waals surface area contributed by atoms with Crippen LogP contribution in [0.1, 0.15) is 12.0 Å². The molecule has 80 valence electrons. The van der Waals surface area contributed by atoms with Gasteiger partial charge in [0, 0.05) is 6.54 Å². The Labute approximate surface area is 87.5 Å². The Morgan fingerprint density at radius 1 is 1.20 bits per heavy atom. The van der Waals surface area contributed by atoms with E-state index in [1.807, 2.05) is 30.3 Å². The van der Waals surface area contributed by atoms with E-state index in [-0.39, 0.29) is 0 Å². The van der Waals surface area contributed by atoms with Crippen LogP contribution in [0.4, 0.5) is 8.78 Å². The fraction of sp³-hybridized carbons (Fsp3) is 0.500. The molecule has 1 aliphatic heterocycles. The van der Waals surface area contributed by atoms with Crippen molar-refractivity contribution in [3.05, 3.63) is 35.9 Å². The third kappa shape index (κ3) is 0.991. The third-order valence-corrected chi connectivity index (χ3v) is 3.88. The van der Waals surface area contributed by atoms with Crippen molar-refractivity contribution >= 4 is 0 Å². The fourth-order valence-corrected chi connectivity index (χ4v) is 2.98. The van der Waals surface area contributed by atoms with E-state index in [0.717, 1.165) is 5.56 Å². The van der Waals surface area contributed by atoms with Crippen LogP contribution in [0.5, 0.6) is 0 Å². The van der Waals surface area contributed by atoms with Crippen molar-refractivity contribution in [2.45, 2.75) is 17.8 Å². The number of rotatable bonds is 1. The lowest BCUT2D eigenvalue weighted by atomic mass is 9.87. The minimum atomic E-state index is -2.52. The highest BCUT2D eigenvalue weighted by molar-refractivity contribution is 5.42. The maximum absolute atomic E-state index is 13.8. The van der Waals surface area contributed by atoms with Gasteiger partial charge in [0.05, 0.1) is 11.3 Å². The van der Waals surface area contributed by atoms with Gasteiger partial charge in [0.2, 0.25) is 0 Å². The van der Waals surface area contributed by atoms with E-state index in [2.05, 4.69) is 5.32 Å². The van der Waals surface area contributed by atoms with Crippen LogP contribution in [0.2, 0.25) is 0 Å². The molecule has 1 aromatic rings. The average Bonchev–Trinajstić information content (AvgIpc) is 2.80. The zero-order chi connectivity index (χ0) is 10.5. The van der Waals surface area contributed by atoms with Gasteiger partial charge >= 0.3 is 0 Å². The van der Waals surface area contributed by atoms with Gasteiger partial charge in [-0.1, -0.05) is 30.3 Å². The van der Waals surface area contributed by atoms with E-state index in [1.54, 1.807) is 0 Å². The highest BCUT2D eigenvalue weighted by Crippen LogP contribution is 2.69. The summed E-state index contributed by atoms with van der Waals surface area (Å²) < 4.78 is 27.6. The van der Waals surface area contributed by atoms with E-state index >= 15 is 0 Å². The normalized spacial score (nSPS) is 37.1. The Hall–Kier alpha value is -0.960. The summed E-state index contributed by atoms with van der Waals surface area (Å²) in [5, 5.41) is 3.05. The molecule has 2 atom stereocenters. The lowest BCUT2D eigenvalue weighted by Crippen LogP contribution is -2.31. The monoisotopic (exact) mass is 209 g/mol. The van der Waals surface area contributed by atoms with E-state index in [0.29, 0.717) is 19.5 Å². The third-order valence-electron chi connectivity index (χ3n) is 3.88. The summed E-state index contributed by atoms with van der Waals surface area (Å²) in [5.41, 5.74) is -0.0547. The number of benzene rings is 1. The van der Waals surface area contributed by atoms with Crippen molar-refractivity contribution in [3.8, 4) is 0 Å². The zero-order valence-electron chi connectivity index (χ0n) is 8.34. The molecular formula is C12H13F2N. The maximum Gasteiger partial charge on any atom is 0.263 e. The maximum atomic E-state index is 13.8. The van der Waals surface area contributed by atoms with Crippen LogP contribution in [0.3, 0.4) is 0 Å². The molecule has 0 radical (unpaired) electrons. The number of hydrogen-bond donors (Lipinski definition) is 1. The van der Waals surface area contributed by atoms with Crippen LogP contribution in [-0.2, 0) is 5.41 Å². The van der Waals surface area contributed by atoms with E-state index in [4.69, 9.17) is 0 Å². The summed E-state index contributed by atoms with van der Waals surface area (Å²) in [6, 6.07) is 9.23. The zero-order valence-corrected chi connectivity index (χ0v) is 8.34. The molecular weight excluding hydrogens is 196 g/mol. The molecule has 2 aliphatic rings. The van der Waals surface area contributed by atoms with Crippen LogP contribution in [-0.4, -0.2) is 19.0 Å². The second-order valence-electron chi connectivity index (χ2n) is 4.47. The molecule has 0 aromatic heterocycles. The minimum absolute atomic E-state index is 0.446. The van der Waals surface area contributed by atoms with Gasteiger partial charge < -0.3 is 5.32 Å². The van der Waals surface area contributed by atoms with Crippen LogP contribution >= 0.6 is 0 Å². The summed E-state index contributed by atoms with van der Waals surface area (Å²) in [4.78, 5) is 0. The summed E-state index contributed by atoms with van der Waals surface area (Å²) in [5.74, 6) is -3.01. The summed E-state index contributed by atoms with van der Waals surface area (Å²) in [7, 11) is 0. The van der Waals surface area contributed by atoms with Gasteiger partial charge in [-0.15, -0.1) is 0 Å². The molecule has 1 aromatic carbocycles. The second-order valence-corrected chi connectivity index (χ2v) is 4.47. The van der Waals surface area contributed by atoms with E-state index in [1.165, 1.54) is 0 Å². The second kappa shape index (κ2) is 2.79. The Kier molecular flexibility index (Phi) is 1.72.